The average molecular weight is 947 g/mol. The zero-order valence-corrected chi connectivity index (χ0v) is 38.5. The van der Waals surface area contributed by atoms with Crippen LogP contribution in [0.4, 0.5) is 28.4 Å². The van der Waals surface area contributed by atoms with Gasteiger partial charge in [0.15, 0.2) is 11.4 Å². The predicted molar refractivity (Wildman–Crippen MR) is 252 cm³/mol. The van der Waals surface area contributed by atoms with Crippen LogP contribution in [0.25, 0.3) is 11.0 Å². The van der Waals surface area contributed by atoms with E-state index in [0.29, 0.717) is 61.4 Å². The lowest BCUT2D eigenvalue weighted by molar-refractivity contribution is -0.384. The molecule has 5 atom stereocenters. The molecular formula is C49H54N8O10S. The zero-order valence-electron chi connectivity index (χ0n) is 37.7. The first-order chi connectivity index (χ1) is 33.0. The number of nitro groups is 1. The molecular weight excluding hydrogens is 893 g/mol. The summed E-state index contributed by atoms with van der Waals surface area (Å²) < 4.78 is 60.4. The summed E-state index contributed by atoms with van der Waals surface area (Å²) in [7, 11) is -4.71. The van der Waals surface area contributed by atoms with Crippen molar-refractivity contribution >= 4 is 55.4 Å². The summed E-state index contributed by atoms with van der Waals surface area (Å²) in [5.41, 5.74) is 5.31. The first-order valence-corrected chi connectivity index (χ1v) is 25.2. The van der Waals surface area contributed by atoms with Gasteiger partial charge >= 0.3 is 0 Å². The number of likely N-dealkylation sites (tertiary alicyclic amines) is 1. The Morgan fingerprint density at radius 3 is 2.59 bits per heavy atom. The molecule has 7 aliphatic rings. The van der Waals surface area contributed by atoms with E-state index in [2.05, 4.69) is 56.0 Å². The number of H-pyrrole nitrogens is 1. The van der Waals surface area contributed by atoms with Crippen LogP contribution in [0.2, 0.25) is 0 Å². The topological polar surface area (TPSA) is 203 Å². The fourth-order valence-electron chi connectivity index (χ4n) is 11.9. The van der Waals surface area contributed by atoms with E-state index in [0.717, 1.165) is 49.6 Å². The third-order valence-corrected chi connectivity index (χ3v) is 16.8. The quantitative estimate of drug-likeness (QED) is 0.109. The minimum absolute atomic E-state index is 0.0205. The van der Waals surface area contributed by atoms with E-state index in [-0.39, 0.29) is 41.7 Å². The predicted octanol–water partition coefficient (Wildman–Crippen LogP) is 6.37. The summed E-state index contributed by atoms with van der Waals surface area (Å²) in [5.74, 6) is -0.587. The molecule has 18 nitrogen and oxygen atoms in total. The molecule has 0 radical (unpaired) electrons. The van der Waals surface area contributed by atoms with E-state index in [1.54, 1.807) is 12.3 Å². The number of anilines is 4. The number of aryl methyl sites for hydroxylation is 1. The van der Waals surface area contributed by atoms with Crippen molar-refractivity contribution in [1.82, 2.24) is 19.6 Å². The van der Waals surface area contributed by atoms with Crippen LogP contribution >= 0.6 is 0 Å². The number of benzene rings is 3. The van der Waals surface area contributed by atoms with Crippen molar-refractivity contribution < 1.29 is 41.8 Å². The molecule has 1 saturated carbocycles. The Hall–Kier alpha value is -5.99. The maximum Gasteiger partial charge on any atom is 0.297 e. The van der Waals surface area contributed by atoms with Crippen LogP contribution in [0.5, 0.6) is 11.6 Å². The lowest BCUT2D eigenvalue weighted by atomic mass is 9.59. The van der Waals surface area contributed by atoms with E-state index < -0.39 is 49.7 Å². The van der Waals surface area contributed by atoms with Crippen molar-refractivity contribution in [3.05, 3.63) is 99.7 Å². The number of carbonyl (C=O) groups excluding carboxylic acids is 1. The highest BCUT2D eigenvalue weighted by Crippen LogP contribution is 2.55. The van der Waals surface area contributed by atoms with Crippen LogP contribution in [-0.2, 0) is 24.2 Å². The Kier molecular flexibility index (Phi) is 10.8. The molecule has 3 aromatic carbocycles. The lowest BCUT2D eigenvalue weighted by Crippen LogP contribution is -2.55. The van der Waals surface area contributed by atoms with Gasteiger partial charge in [-0.25, -0.2) is 13.1 Å². The molecule has 1 amide bonds. The number of nitrogens with zero attached hydrogens (tertiary/aromatic N) is 5. The summed E-state index contributed by atoms with van der Waals surface area (Å²) in [6.45, 7) is 6.77. The molecule has 4 saturated heterocycles. The third kappa shape index (κ3) is 7.58. The van der Waals surface area contributed by atoms with Gasteiger partial charge in [-0.05, 0) is 98.9 Å². The van der Waals surface area contributed by atoms with E-state index >= 15 is 0 Å². The van der Waals surface area contributed by atoms with Gasteiger partial charge in [-0.2, -0.15) is 4.98 Å². The van der Waals surface area contributed by atoms with Gasteiger partial charge in [-0.3, -0.25) is 19.8 Å². The molecule has 356 valence electrons. The fourth-order valence-corrected chi connectivity index (χ4v) is 12.9. The second kappa shape index (κ2) is 16.9. The first-order valence-electron chi connectivity index (χ1n) is 23.7. The molecule has 2 aromatic heterocycles. The summed E-state index contributed by atoms with van der Waals surface area (Å²) in [4.78, 5) is 41.0. The molecule has 5 fully saturated rings. The third-order valence-electron chi connectivity index (χ3n) is 15.5. The molecule has 8 heterocycles. The Bertz CT molecular complexity index is 2910. The second-order valence-corrected chi connectivity index (χ2v) is 21.1. The van der Waals surface area contributed by atoms with Gasteiger partial charge in [0.1, 0.15) is 30.1 Å². The highest BCUT2D eigenvalue weighted by molar-refractivity contribution is 7.90. The molecule has 68 heavy (non-hydrogen) atoms. The minimum atomic E-state index is -4.71. The smallest absolute Gasteiger partial charge is 0.297 e. The number of hydrogen-bond donors (Lipinski definition) is 3. The number of ether oxygens (including phenoxy) is 5. The van der Waals surface area contributed by atoms with Gasteiger partial charge in [0.05, 0.1) is 66.2 Å². The molecule has 6 aliphatic heterocycles. The van der Waals surface area contributed by atoms with E-state index in [4.69, 9.17) is 28.7 Å². The van der Waals surface area contributed by atoms with E-state index in [9.17, 15) is 23.3 Å². The molecule has 1 aliphatic carbocycles. The Morgan fingerprint density at radius 2 is 1.78 bits per heavy atom. The number of nitro benzene ring substituents is 1. The maximum absolute atomic E-state index is 14.7. The molecule has 12 rings (SSSR count). The number of carbonyl (C=O) groups is 1. The number of nitrogens with one attached hydrogen (secondary N) is 3. The van der Waals surface area contributed by atoms with Gasteiger partial charge in [0, 0.05) is 54.6 Å². The van der Waals surface area contributed by atoms with Gasteiger partial charge in [0.2, 0.25) is 5.88 Å². The highest BCUT2D eigenvalue weighted by Gasteiger charge is 2.50. The van der Waals surface area contributed by atoms with Crippen LogP contribution in [0, 0.1) is 22.5 Å². The van der Waals surface area contributed by atoms with Crippen molar-refractivity contribution in [3.63, 3.8) is 0 Å². The Morgan fingerprint density at radius 1 is 0.941 bits per heavy atom. The number of amides is 1. The van der Waals surface area contributed by atoms with Crippen LogP contribution < -0.4 is 29.3 Å². The van der Waals surface area contributed by atoms with E-state index in [1.807, 2.05) is 29.2 Å². The average Bonchev–Trinajstić information content (AvgIpc) is 4.13. The molecule has 5 aromatic rings. The van der Waals surface area contributed by atoms with Crippen LogP contribution in [-0.4, -0.2) is 124 Å². The van der Waals surface area contributed by atoms with Gasteiger partial charge < -0.3 is 43.8 Å². The maximum atomic E-state index is 14.7. The second-order valence-electron chi connectivity index (χ2n) is 19.4. The zero-order chi connectivity index (χ0) is 46.3. The van der Waals surface area contributed by atoms with Crippen molar-refractivity contribution in [2.75, 3.05) is 74.4 Å². The number of aromatic amines is 1. The summed E-state index contributed by atoms with van der Waals surface area (Å²) in [6, 6.07) is 20.5. The van der Waals surface area contributed by atoms with Crippen LogP contribution in [0.3, 0.4) is 0 Å². The van der Waals surface area contributed by atoms with Crippen molar-refractivity contribution in [2.24, 2.45) is 5.41 Å². The highest BCUT2D eigenvalue weighted by atomic mass is 32.2. The molecule has 0 bridgehead atoms. The van der Waals surface area contributed by atoms with Crippen molar-refractivity contribution in [2.45, 2.75) is 86.7 Å². The van der Waals surface area contributed by atoms with Crippen LogP contribution in [0.15, 0.2) is 77.8 Å². The summed E-state index contributed by atoms with van der Waals surface area (Å²) in [6.07, 6.45) is 7.86. The Balaban J connectivity index is 0.838. The number of rotatable bonds is 9. The van der Waals surface area contributed by atoms with E-state index in [1.165, 1.54) is 42.9 Å². The van der Waals surface area contributed by atoms with Gasteiger partial charge in [0.25, 0.3) is 21.6 Å². The normalized spacial score (nSPS) is 25.7. The summed E-state index contributed by atoms with van der Waals surface area (Å²) >= 11 is 0. The van der Waals surface area contributed by atoms with Gasteiger partial charge in [-0.15, -0.1) is 0 Å². The van der Waals surface area contributed by atoms with Crippen molar-refractivity contribution in [1.29, 1.82) is 0 Å². The number of sulfonamides is 1. The lowest BCUT2D eigenvalue weighted by Gasteiger charge is -2.56. The molecule has 1 spiro atoms. The SMILES string of the molecule is Cc1ccccc1[C@@H]1CCCN1C1CC2(CCN(c3ccc(C(=O)NS(=O)(=O)c4cc5c(c([N+](=O)[O-])c4)N[C@H]([C@H]4COCCO4)CO5)c(N4c5cc6cc[nH]c6nc5O[C@@H]5COC[C@H]54)c3)CC2)C1. The summed E-state index contributed by atoms with van der Waals surface area (Å²) in [5, 5.41) is 16.4. The van der Waals surface area contributed by atoms with Gasteiger partial charge in [-0.1, -0.05) is 24.3 Å². The Labute approximate surface area is 393 Å². The largest absolute Gasteiger partial charge is 0.489 e. The number of aromatic nitrogens is 2. The molecule has 0 unspecified atom stereocenters. The van der Waals surface area contributed by atoms with Crippen molar-refractivity contribution in [3.8, 4) is 11.6 Å². The fraction of sp³-hybridized carbons (Fsp3) is 0.469. The minimum Gasteiger partial charge on any atom is -0.489 e. The van der Waals surface area contributed by atoms with Crippen LogP contribution in [0.1, 0.15) is 66.1 Å². The monoisotopic (exact) mass is 946 g/mol. The molecule has 3 N–H and O–H groups in total. The standard InChI is InChI=1S/C49H54N8O10S/c1-29-5-2-3-6-34(29)37-7-4-14-55(37)32-23-49(24-32)11-15-54(16-12-49)31-8-9-35(38(20-31)56-40-19-30-10-13-50-46(30)52-48(40)67-44-28-64-26-41(44)56)47(58)53-68(61,62)33-21-39(57(59)60)45-42(22-33)66-25-36(51-45)43-27-63-17-18-65-43/h2-3,5-6,8-10,13,19-22,32,36-37,41,43-44,51H,4,7,11-12,14-18,23-28H2,1H3,(H,50,52)(H,53,58)/t36-,37-,41+,43+,44+/m0/s1. The number of hydrogen-bond acceptors (Lipinski definition) is 15. The molecule has 19 heteroatoms. The number of fused-ring (bicyclic) bond motifs is 4. The number of piperidine rings is 1. The first kappa shape index (κ1) is 43.3. The number of pyridine rings is 1.